The molecule has 0 radical (unpaired) electrons. The summed E-state index contributed by atoms with van der Waals surface area (Å²) in [4.78, 5) is 49.8. The minimum Gasteiger partial charge on any atom is -0.457 e. The third kappa shape index (κ3) is 5.72. The number of Topliss-reactive ketones (excluding diaryl/α,β-unsaturated/α-hetero) is 4. The van der Waals surface area contributed by atoms with Crippen LogP contribution in [0.25, 0.3) is 0 Å². The SMILES string of the molecule is O=C(C(=O)c1ccc(Oc2ccc(C(=O)C(=O)c3ccc(Cl)cc3)cc2)cc1)c1ccc(Cl)cc1. The second-order valence-corrected chi connectivity index (χ2v) is 8.35. The highest BCUT2D eigenvalue weighted by Gasteiger charge is 2.19. The van der Waals surface area contributed by atoms with Crippen molar-refractivity contribution < 1.29 is 23.9 Å². The van der Waals surface area contributed by atoms with Crippen LogP contribution in [0.15, 0.2) is 97.1 Å². The van der Waals surface area contributed by atoms with E-state index in [0.29, 0.717) is 21.5 Å². The van der Waals surface area contributed by atoms with Crippen molar-refractivity contribution in [2.45, 2.75) is 0 Å². The van der Waals surface area contributed by atoms with Gasteiger partial charge in [-0.1, -0.05) is 23.2 Å². The number of carbonyl (C=O) groups is 4. The van der Waals surface area contributed by atoms with E-state index in [2.05, 4.69) is 0 Å². The first kappa shape index (κ1) is 24.1. The van der Waals surface area contributed by atoms with Gasteiger partial charge in [-0.05, 0) is 97.1 Å². The lowest BCUT2D eigenvalue weighted by Gasteiger charge is -2.08. The molecule has 0 N–H and O–H groups in total. The number of hydrogen-bond acceptors (Lipinski definition) is 5. The second-order valence-electron chi connectivity index (χ2n) is 7.48. The fourth-order valence-electron chi connectivity index (χ4n) is 3.21. The highest BCUT2D eigenvalue weighted by atomic mass is 35.5. The summed E-state index contributed by atoms with van der Waals surface area (Å²) in [7, 11) is 0. The van der Waals surface area contributed by atoms with Gasteiger partial charge in [-0.25, -0.2) is 0 Å². The molecule has 4 aromatic rings. The number of halogens is 2. The molecule has 0 unspecified atom stereocenters. The number of hydrogen-bond donors (Lipinski definition) is 0. The smallest absolute Gasteiger partial charge is 0.233 e. The number of ketones is 4. The van der Waals surface area contributed by atoms with Crippen LogP contribution in [0.1, 0.15) is 41.4 Å². The van der Waals surface area contributed by atoms with E-state index >= 15 is 0 Å². The van der Waals surface area contributed by atoms with Crippen LogP contribution in [-0.2, 0) is 0 Å². The van der Waals surface area contributed by atoms with Crippen LogP contribution in [-0.4, -0.2) is 23.1 Å². The van der Waals surface area contributed by atoms with E-state index in [1.54, 1.807) is 48.5 Å². The standard InChI is InChI=1S/C28H16Cl2O5/c29-21-9-1-17(2-10-21)25(31)27(33)19-5-13-23(14-6-19)35-24-15-7-20(8-16-24)28(34)26(32)18-3-11-22(30)12-4-18/h1-16H. The lowest BCUT2D eigenvalue weighted by Crippen LogP contribution is -2.14. The van der Waals surface area contributed by atoms with Gasteiger partial charge < -0.3 is 4.74 Å². The molecule has 7 heteroatoms. The average Bonchev–Trinajstić information content (AvgIpc) is 2.89. The summed E-state index contributed by atoms with van der Waals surface area (Å²) >= 11 is 11.6. The molecule has 0 atom stereocenters. The zero-order chi connectivity index (χ0) is 24.9. The van der Waals surface area contributed by atoms with Gasteiger partial charge in [-0.2, -0.15) is 0 Å². The van der Waals surface area contributed by atoms with Crippen molar-refractivity contribution in [2.24, 2.45) is 0 Å². The summed E-state index contributed by atoms with van der Waals surface area (Å²) in [6.07, 6.45) is 0. The largest absolute Gasteiger partial charge is 0.457 e. The molecule has 4 rings (SSSR count). The molecule has 5 nitrogen and oxygen atoms in total. The van der Waals surface area contributed by atoms with Crippen LogP contribution in [0.5, 0.6) is 11.5 Å². The van der Waals surface area contributed by atoms with Gasteiger partial charge in [-0.3, -0.25) is 19.2 Å². The fraction of sp³-hybridized carbons (Fsp3) is 0. The molecule has 0 saturated carbocycles. The molecule has 0 amide bonds. The van der Waals surface area contributed by atoms with Gasteiger partial charge in [0, 0.05) is 32.3 Å². The highest BCUT2D eigenvalue weighted by molar-refractivity contribution is 6.50. The summed E-state index contributed by atoms with van der Waals surface area (Å²) in [5.41, 5.74) is 0.950. The topological polar surface area (TPSA) is 77.5 Å². The number of benzene rings is 4. The summed E-state index contributed by atoms with van der Waals surface area (Å²) in [6.45, 7) is 0. The first-order chi connectivity index (χ1) is 16.8. The maximum Gasteiger partial charge on any atom is 0.233 e. The molecule has 0 saturated heterocycles. The normalized spacial score (nSPS) is 10.5. The maximum atomic E-state index is 12.5. The van der Waals surface area contributed by atoms with E-state index < -0.39 is 23.1 Å². The summed E-state index contributed by atoms with van der Waals surface area (Å²) in [6, 6.07) is 24.4. The Labute approximate surface area is 210 Å². The Kier molecular flexibility index (Phi) is 7.20. The Balaban J connectivity index is 1.40. The Morgan fingerprint density at radius 1 is 0.400 bits per heavy atom. The molecule has 0 aliphatic carbocycles. The van der Waals surface area contributed by atoms with Gasteiger partial charge >= 0.3 is 0 Å². The molecular formula is C28H16Cl2O5. The van der Waals surface area contributed by atoms with Crippen LogP contribution < -0.4 is 4.74 Å². The Bertz CT molecular complexity index is 1300. The van der Waals surface area contributed by atoms with Crippen LogP contribution in [0, 0.1) is 0 Å². The van der Waals surface area contributed by atoms with E-state index in [9.17, 15) is 19.2 Å². The van der Waals surface area contributed by atoms with Crippen molar-refractivity contribution in [1.82, 2.24) is 0 Å². The van der Waals surface area contributed by atoms with E-state index in [1.165, 1.54) is 48.5 Å². The maximum absolute atomic E-state index is 12.5. The number of ether oxygens (including phenoxy) is 1. The fourth-order valence-corrected chi connectivity index (χ4v) is 3.46. The van der Waals surface area contributed by atoms with Crippen LogP contribution in [0.4, 0.5) is 0 Å². The van der Waals surface area contributed by atoms with Crippen LogP contribution in [0.3, 0.4) is 0 Å². The highest BCUT2D eigenvalue weighted by Crippen LogP contribution is 2.23. The van der Waals surface area contributed by atoms with E-state index in [4.69, 9.17) is 27.9 Å². The zero-order valence-electron chi connectivity index (χ0n) is 18.0. The van der Waals surface area contributed by atoms with E-state index in [1.807, 2.05) is 0 Å². The molecule has 0 aliphatic heterocycles. The van der Waals surface area contributed by atoms with Gasteiger partial charge in [0.15, 0.2) is 0 Å². The van der Waals surface area contributed by atoms with Gasteiger partial charge in [0.2, 0.25) is 23.1 Å². The molecule has 35 heavy (non-hydrogen) atoms. The Morgan fingerprint density at radius 2 is 0.629 bits per heavy atom. The monoisotopic (exact) mass is 502 g/mol. The summed E-state index contributed by atoms with van der Waals surface area (Å²) < 4.78 is 5.74. The van der Waals surface area contributed by atoms with Gasteiger partial charge in [-0.15, -0.1) is 0 Å². The lowest BCUT2D eigenvalue weighted by molar-refractivity contribution is 0.0817. The first-order valence-electron chi connectivity index (χ1n) is 10.4. The van der Waals surface area contributed by atoms with Crippen molar-refractivity contribution in [3.05, 3.63) is 129 Å². The quantitative estimate of drug-likeness (QED) is 0.193. The molecule has 0 fully saturated rings. The third-order valence-corrected chi connectivity index (χ3v) is 5.60. The van der Waals surface area contributed by atoms with E-state index in [-0.39, 0.29) is 22.3 Å². The zero-order valence-corrected chi connectivity index (χ0v) is 19.5. The molecule has 0 aromatic heterocycles. The van der Waals surface area contributed by atoms with Crippen LogP contribution in [0.2, 0.25) is 10.0 Å². The van der Waals surface area contributed by atoms with Crippen molar-refractivity contribution in [3.63, 3.8) is 0 Å². The van der Waals surface area contributed by atoms with Crippen molar-refractivity contribution in [1.29, 1.82) is 0 Å². The number of carbonyl (C=O) groups excluding carboxylic acids is 4. The molecule has 0 heterocycles. The molecular weight excluding hydrogens is 487 g/mol. The Hall–Kier alpha value is -4.06. The van der Waals surface area contributed by atoms with Gasteiger partial charge in [0.25, 0.3) is 0 Å². The molecule has 0 bridgehead atoms. The van der Waals surface area contributed by atoms with E-state index in [0.717, 1.165) is 0 Å². The molecule has 0 spiro atoms. The number of rotatable bonds is 8. The lowest BCUT2D eigenvalue weighted by atomic mass is 10.0. The first-order valence-corrected chi connectivity index (χ1v) is 11.1. The molecule has 4 aromatic carbocycles. The minimum atomic E-state index is -0.646. The Morgan fingerprint density at radius 3 is 0.886 bits per heavy atom. The minimum absolute atomic E-state index is 0.221. The van der Waals surface area contributed by atoms with Gasteiger partial charge in [0.1, 0.15) is 11.5 Å². The van der Waals surface area contributed by atoms with Crippen molar-refractivity contribution in [2.75, 3.05) is 0 Å². The van der Waals surface area contributed by atoms with Crippen molar-refractivity contribution >= 4 is 46.3 Å². The predicted molar refractivity (Wildman–Crippen MR) is 133 cm³/mol. The molecule has 0 aliphatic rings. The predicted octanol–water partition coefficient (Wildman–Crippen LogP) is 6.92. The van der Waals surface area contributed by atoms with Crippen LogP contribution >= 0.6 is 23.2 Å². The summed E-state index contributed by atoms with van der Waals surface area (Å²) in [5.74, 6) is -1.71. The molecule has 172 valence electrons. The second kappa shape index (κ2) is 10.5. The van der Waals surface area contributed by atoms with Gasteiger partial charge in [0.05, 0.1) is 0 Å². The summed E-state index contributed by atoms with van der Waals surface area (Å²) in [5, 5.41) is 0.946. The van der Waals surface area contributed by atoms with Crippen molar-refractivity contribution in [3.8, 4) is 11.5 Å². The average molecular weight is 503 g/mol. The third-order valence-electron chi connectivity index (χ3n) is 5.09.